The Morgan fingerprint density at radius 2 is 2.10 bits per heavy atom. The van der Waals surface area contributed by atoms with Crippen molar-refractivity contribution in [2.45, 2.75) is 18.7 Å². The van der Waals surface area contributed by atoms with E-state index in [1.807, 2.05) is 0 Å². The Hall–Kier alpha value is -2.00. The maximum atomic E-state index is 12.2. The first-order valence-electron chi connectivity index (χ1n) is 5.61. The van der Waals surface area contributed by atoms with E-state index in [1.165, 1.54) is 18.3 Å². The second kappa shape index (κ2) is 5.17. The number of hydrogen-bond donors (Lipinski definition) is 3. The van der Waals surface area contributed by atoms with Crippen LogP contribution in [0.4, 0.5) is 5.69 Å². The summed E-state index contributed by atoms with van der Waals surface area (Å²) in [5.41, 5.74) is 7.42. The Balaban J connectivity index is 2.33. The van der Waals surface area contributed by atoms with Gasteiger partial charge >= 0.3 is 0 Å². The van der Waals surface area contributed by atoms with Crippen LogP contribution >= 0.6 is 12.2 Å². The molecule has 0 amide bonds. The summed E-state index contributed by atoms with van der Waals surface area (Å²) >= 11 is 4.76. The van der Waals surface area contributed by atoms with E-state index in [9.17, 15) is 8.42 Å². The fourth-order valence-corrected chi connectivity index (χ4v) is 2.83. The van der Waals surface area contributed by atoms with E-state index in [2.05, 4.69) is 19.9 Å². The molecule has 2 heterocycles. The summed E-state index contributed by atoms with van der Waals surface area (Å²) in [5, 5.41) is 6.64. The molecule has 0 fully saturated rings. The van der Waals surface area contributed by atoms with Crippen LogP contribution < -0.4 is 10.5 Å². The van der Waals surface area contributed by atoms with Crippen molar-refractivity contribution >= 4 is 32.9 Å². The predicted molar refractivity (Wildman–Crippen MR) is 79.0 cm³/mol. The second-order valence-electron chi connectivity index (χ2n) is 4.16. The molecule has 2 aromatic rings. The van der Waals surface area contributed by atoms with Crippen LogP contribution in [0.25, 0.3) is 0 Å². The Morgan fingerprint density at radius 1 is 1.40 bits per heavy atom. The van der Waals surface area contributed by atoms with Gasteiger partial charge in [0.15, 0.2) is 0 Å². The number of H-pyrrole nitrogens is 1. The van der Waals surface area contributed by atoms with Gasteiger partial charge in [-0.15, -0.1) is 0 Å². The zero-order chi connectivity index (χ0) is 14.9. The van der Waals surface area contributed by atoms with Gasteiger partial charge in [0.2, 0.25) is 0 Å². The maximum Gasteiger partial charge on any atom is 0.263 e. The smallest absolute Gasteiger partial charge is 0.263 e. The number of hydrogen-bond acceptors (Lipinski definition) is 5. The first kappa shape index (κ1) is 14.4. The topological polar surface area (TPSA) is 114 Å². The Bertz CT molecular complexity index is 730. The number of aromatic amines is 1. The molecule has 0 bridgehead atoms. The number of nitrogens with one attached hydrogen (secondary N) is 2. The summed E-state index contributed by atoms with van der Waals surface area (Å²) in [6.07, 6.45) is 1.21. The summed E-state index contributed by atoms with van der Waals surface area (Å²) in [4.78, 5) is 4.05. The third-order valence-electron chi connectivity index (χ3n) is 2.66. The predicted octanol–water partition coefficient (Wildman–Crippen LogP) is 0.857. The van der Waals surface area contributed by atoms with Crippen molar-refractivity contribution in [3.8, 4) is 0 Å². The lowest BCUT2D eigenvalue weighted by molar-refractivity contribution is 0.600. The van der Waals surface area contributed by atoms with Crippen LogP contribution in [-0.4, -0.2) is 28.6 Å². The quantitative estimate of drug-likeness (QED) is 0.722. The number of sulfonamides is 1. The lowest BCUT2D eigenvalue weighted by Crippen LogP contribution is -2.16. The number of thiocarbonyl (C=S) groups is 1. The third-order valence-corrected chi connectivity index (χ3v) is 4.21. The molecule has 0 saturated heterocycles. The number of aromatic nitrogens is 3. The zero-order valence-electron chi connectivity index (χ0n) is 10.8. The lowest BCUT2D eigenvalue weighted by Gasteiger charge is -2.08. The molecule has 0 unspecified atom stereocenters. The molecule has 0 aromatic carbocycles. The SMILES string of the molecule is Cc1n[nH]c(C)c1NS(=O)(=O)c1ccc(C(N)=S)nc1. The summed E-state index contributed by atoms with van der Waals surface area (Å²) in [5.74, 6) is 0. The van der Waals surface area contributed by atoms with Crippen molar-refractivity contribution in [2.24, 2.45) is 5.73 Å². The highest BCUT2D eigenvalue weighted by Gasteiger charge is 2.18. The highest BCUT2D eigenvalue weighted by molar-refractivity contribution is 7.92. The van der Waals surface area contributed by atoms with Crippen LogP contribution in [0.1, 0.15) is 17.1 Å². The van der Waals surface area contributed by atoms with Gasteiger partial charge in [-0.25, -0.2) is 8.42 Å². The summed E-state index contributed by atoms with van der Waals surface area (Å²) in [7, 11) is -3.73. The van der Waals surface area contributed by atoms with Crippen LogP contribution in [0.5, 0.6) is 0 Å². The number of anilines is 1. The molecule has 20 heavy (non-hydrogen) atoms. The molecule has 0 spiro atoms. The molecule has 0 aliphatic rings. The minimum atomic E-state index is -3.73. The number of pyridine rings is 1. The summed E-state index contributed by atoms with van der Waals surface area (Å²) in [6.45, 7) is 3.43. The van der Waals surface area contributed by atoms with Crippen LogP contribution in [-0.2, 0) is 10.0 Å². The second-order valence-corrected chi connectivity index (χ2v) is 6.28. The van der Waals surface area contributed by atoms with Crippen molar-refractivity contribution in [1.82, 2.24) is 15.2 Å². The fourth-order valence-electron chi connectivity index (χ4n) is 1.58. The van der Waals surface area contributed by atoms with E-state index in [0.717, 1.165) is 0 Å². The molecule has 0 aliphatic carbocycles. The Morgan fingerprint density at radius 3 is 2.55 bits per heavy atom. The third kappa shape index (κ3) is 2.78. The molecule has 2 rings (SSSR count). The molecule has 2 aromatic heterocycles. The van der Waals surface area contributed by atoms with E-state index >= 15 is 0 Å². The Kier molecular flexibility index (Phi) is 3.73. The van der Waals surface area contributed by atoms with Crippen LogP contribution in [0, 0.1) is 13.8 Å². The number of aryl methyl sites for hydroxylation is 2. The number of nitrogens with two attached hydrogens (primary N) is 1. The molecule has 4 N–H and O–H groups in total. The highest BCUT2D eigenvalue weighted by Crippen LogP contribution is 2.20. The Labute approximate surface area is 121 Å². The molecule has 9 heteroatoms. The van der Waals surface area contributed by atoms with Gasteiger partial charge in [0.05, 0.1) is 22.8 Å². The van der Waals surface area contributed by atoms with Gasteiger partial charge in [-0.2, -0.15) is 5.10 Å². The van der Waals surface area contributed by atoms with E-state index < -0.39 is 10.0 Å². The highest BCUT2D eigenvalue weighted by atomic mass is 32.2. The zero-order valence-corrected chi connectivity index (χ0v) is 12.5. The van der Waals surface area contributed by atoms with Gasteiger partial charge in [-0.3, -0.25) is 14.8 Å². The number of rotatable bonds is 4. The van der Waals surface area contributed by atoms with E-state index in [0.29, 0.717) is 22.8 Å². The maximum absolute atomic E-state index is 12.2. The van der Waals surface area contributed by atoms with Crippen molar-refractivity contribution in [3.05, 3.63) is 35.4 Å². The number of nitrogens with zero attached hydrogens (tertiary/aromatic N) is 2. The molecule has 0 atom stereocenters. The standard InChI is InChI=1S/C11H13N5O2S2/c1-6-10(7(2)15-14-6)16-20(17,18)8-3-4-9(11(12)19)13-5-8/h3-5,16H,1-2H3,(H2,12,19)(H,14,15). The van der Waals surface area contributed by atoms with Crippen molar-refractivity contribution in [2.75, 3.05) is 4.72 Å². The average Bonchev–Trinajstić information content (AvgIpc) is 2.70. The monoisotopic (exact) mass is 311 g/mol. The first-order valence-corrected chi connectivity index (χ1v) is 7.50. The van der Waals surface area contributed by atoms with E-state index in [4.69, 9.17) is 18.0 Å². The van der Waals surface area contributed by atoms with Gasteiger partial charge in [-0.05, 0) is 26.0 Å². The van der Waals surface area contributed by atoms with Gasteiger partial charge in [0.1, 0.15) is 9.88 Å². The molecule has 0 aliphatic heterocycles. The minimum Gasteiger partial charge on any atom is -0.388 e. The van der Waals surface area contributed by atoms with Crippen molar-refractivity contribution in [1.29, 1.82) is 0 Å². The molecular weight excluding hydrogens is 298 g/mol. The molecule has 0 saturated carbocycles. The summed E-state index contributed by atoms with van der Waals surface area (Å²) < 4.78 is 26.9. The molecule has 7 nitrogen and oxygen atoms in total. The van der Waals surface area contributed by atoms with Crippen molar-refractivity contribution < 1.29 is 8.42 Å². The minimum absolute atomic E-state index is 0.0255. The molecule has 0 radical (unpaired) electrons. The largest absolute Gasteiger partial charge is 0.388 e. The summed E-state index contributed by atoms with van der Waals surface area (Å²) in [6, 6.07) is 2.86. The molecular formula is C11H13N5O2S2. The average molecular weight is 311 g/mol. The van der Waals surface area contributed by atoms with Gasteiger partial charge in [0.25, 0.3) is 10.0 Å². The lowest BCUT2D eigenvalue weighted by atomic mass is 10.3. The normalized spacial score (nSPS) is 11.3. The van der Waals surface area contributed by atoms with Crippen molar-refractivity contribution in [3.63, 3.8) is 0 Å². The molecule has 106 valence electrons. The van der Waals surface area contributed by atoms with Gasteiger partial charge < -0.3 is 5.73 Å². The van der Waals surface area contributed by atoms with Crippen LogP contribution in [0.2, 0.25) is 0 Å². The van der Waals surface area contributed by atoms with Gasteiger partial charge in [0, 0.05) is 6.20 Å². The van der Waals surface area contributed by atoms with Gasteiger partial charge in [-0.1, -0.05) is 12.2 Å². The van der Waals surface area contributed by atoms with Crippen LogP contribution in [0.3, 0.4) is 0 Å². The van der Waals surface area contributed by atoms with E-state index in [1.54, 1.807) is 13.8 Å². The van der Waals surface area contributed by atoms with E-state index in [-0.39, 0.29) is 9.88 Å². The fraction of sp³-hybridized carbons (Fsp3) is 0.182. The first-order chi connectivity index (χ1) is 9.31. The van der Waals surface area contributed by atoms with Crippen LogP contribution in [0.15, 0.2) is 23.2 Å².